The topological polar surface area (TPSA) is 66.0 Å². The van der Waals surface area contributed by atoms with Crippen LogP contribution in [0.3, 0.4) is 0 Å². The molecular formula is C14H20N6. The van der Waals surface area contributed by atoms with E-state index >= 15 is 0 Å². The first-order valence-corrected chi connectivity index (χ1v) is 6.67. The molecule has 0 aliphatic carbocycles. The van der Waals surface area contributed by atoms with Gasteiger partial charge < -0.3 is 15.5 Å². The molecule has 0 radical (unpaired) electrons. The molecule has 0 aliphatic heterocycles. The van der Waals surface area contributed by atoms with Gasteiger partial charge in [-0.05, 0) is 30.7 Å². The van der Waals surface area contributed by atoms with Gasteiger partial charge in [0.05, 0.1) is 6.20 Å². The number of benzene rings is 1. The maximum Gasteiger partial charge on any atom is 0.244 e. The van der Waals surface area contributed by atoms with E-state index in [4.69, 9.17) is 0 Å². The molecule has 2 aromatic rings. The highest BCUT2D eigenvalue weighted by Gasteiger charge is 2.01. The van der Waals surface area contributed by atoms with E-state index in [0.29, 0.717) is 11.8 Å². The first-order valence-electron chi connectivity index (χ1n) is 6.67. The van der Waals surface area contributed by atoms with Gasteiger partial charge in [0.25, 0.3) is 0 Å². The maximum atomic E-state index is 4.36. The summed E-state index contributed by atoms with van der Waals surface area (Å²) in [7, 11) is 4.03. The zero-order valence-electron chi connectivity index (χ0n) is 12.1. The minimum Gasteiger partial charge on any atom is -0.378 e. The van der Waals surface area contributed by atoms with Crippen molar-refractivity contribution in [1.82, 2.24) is 15.2 Å². The Labute approximate surface area is 119 Å². The van der Waals surface area contributed by atoms with Crippen LogP contribution in [0.1, 0.15) is 13.3 Å². The quantitative estimate of drug-likeness (QED) is 0.842. The van der Waals surface area contributed by atoms with Crippen molar-refractivity contribution in [2.75, 3.05) is 36.2 Å². The minimum absolute atomic E-state index is 0.543. The predicted octanol–water partition coefficient (Wildman–Crippen LogP) is 2.50. The molecule has 1 heterocycles. The van der Waals surface area contributed by atoms with Gasteiger partial charge in [0.2, 0.25) is 5.95 Å². The molecule has 2 N–H and O–H groups in total. The molecule has 0 saturated carbocycles. The van der Waals surface area contributed by atoms with E-state index < -0.39 is 0 Å². The molecule has 20 heavy (non-hydrogen) atoms. The SMILES string of the molecule is CCCNc1nncc(Nc2ccc(N(C)C)cc2)n1. The van der Waals surface area contributed by atoms with Crippen molar-refractivity contribution >= 4 is 23.1 Å². The molecule has 0 amide bonds. The van der Waals surface area contributed by atoms with Crippen molar-refractivity contribution in [2.45, 2.75) is 13.3 Å². The third-order valence-corrected chi connectivity index (χ3v) is 2.75. The second-order valence-corrected chi connectivity index (χ2v) is 4.66. The van der Waals surface area contributed by atoms with Gasteiger partial charge >= 0.3 is 0 Å². The Morgan fingerprint density at radius 3 is 2.55 bits per heavy atom. The van der Waals surface area contributed by atoms with Crippen molar-refractivity contribution in [3.05, 3.63) is 30.5 Å². The average molecular weight is 272 g/mol. The fourth-order valence-corrected chi connectivity index (χ4v) is 1.67. The van der Waals surface area contributed by atoms with Gasteiger partial charge in [-0.2, -0.15) is 10.1 Å². The molecule has 0 bridgehead atoms. The van der Waals surface area contributed by atoms with Gasteiger partial charge in [0, 0.05) is 32.0 Å². The lowest BCUT2D eigenvalue weighted by Crippen LogP contribution is -2.08. The van der Waals surface area contributed by atoms with Crippen LogP contribution in [0, 0.1) is 0 Å². The van der Waals surface area contributed by atoms with E-state index in [2.05, 4.69) is 37.6 Å². The van der Waals surface area contributed by atoms with Crippen LogP contribution in [-0.4, -0.2) is 35.8 Å². The third-order valence-electron chi connectivity index (χ3n) is 2.75. The van der Waals surface area contributed by atoms with Crippen LogP contribution < -0.4 is 15.5 Å². The van der Waals surface area contributed by atoms with E-state index in [1.54, 1.807) is 6.20 Å². The van der Waals surface area contributed by atoms with Gasteiger partial charge in [-0.3, -0.25) is 0 Å². The smallest absolute Gasteiger partial charge is 0.244 e. The van der Waals surface area contributed by atoms with Gasteiger partial charge in [-0.15, -0.1) is 5.10 Å². The van der Waals surface area contributed by atoms with Gasteiger partial charge in [0.15, 0.2) is 5.82 Å². The highest BCUT2D eigenvalue weighted by atomic mass is 15.3. The Kier molecular flexibility index (Phi) is 4.70. The first-order chi connectivity index (χ1) is 9.69. The number of hydrogen-bond donors (Lipinski definition) is 2. The zero-order valence-corrected chi connectivity index (χ0v) is 12.1. The van der Waals surface area contributed by atoms with E-state index in [0.717, 1.165) is 24.3 Å². The van der Waals surface area contributed by atoms with Crippen LogP contribution in [0.15, 0.2) is 30.5 Å². The van der Waals surface area contributed by atoms with Crippen molar-refractivity contribution in [2.24, 2.45) is 0 Å². The van der Waals surface area contributed by atoms with E-state index in [1.807, 2.05) is 38.4 Å². The van der Waals surface area contributed by atoms with Gasteiger partial charge in [-0.1, -0.05) is 6.92 Å². The molecule has 0 aliphatic rings. The second-order valence-electron chi connectivity index (χ2n) is 4.66. The molecule has 2 rings (SSSR count). The largest absolute Gasteiger partial charge is 0.378 e. The molecule has 6 nitrogen and oxygen atoms in total. The lowest BCUT2D eigenvalue weighted by Gasteiger charge is -2.13. The molecule has 0 atom stereocenters. The molecular weight excluding hydrogens is 252 g/mol. The van der Waals surface area contributed by atoms with Gasteiger partial charge in [0.1, 0.15) is 0 Å². The average Bonchev–Trinajstić information content (AvgIpc) is 2.46. The number of nitrogens with one attached hydrogen (secondary N) is 2. The molecule has 1 aromatic heterocycles. The summed E-state index contributed by atoms with van der Waals surface area (Å²) in [4.78, 5) is 6.42. The summed E-state index contributed by atoms with van der Waals surface area (Å²) in [6.45, 7) is 2.93. The summed E-state index contributed by atoms with van der Waals surface area (Å²) in [5, 5.41) is 14.2. The van der Waals surface area contributed by atoms with Crippen LogP contribution in [0.2, 0.25) is 0 Å². The van der Waals surface area contributed by atoms with Crippen LogP contribution in [0.25, 0.3) is 0 Å². The maximum absolute atomic E-state index is 4.36. The Bertz CT molecular complexity index is 538. The lowest BCUT2D eigenvalue weighted by atomic mass is 10.2. The second kappa shape index (κ2) is 6.70. The number of hydrogen-bond acceptors (Lipinski definition) is 6. The summed E-state index contributed by atoms with van der Waals surface area (Å²) >= 11 is 0. The number of aromatic nitrogens is 3. The monoisotopic (exact) mass is 272 g/mol. The van der Waals surface area contributed by atoms with Crippen LogP contribution in [0.4, 0.5) is 23.1 Å². The predicted molar refractivity (Wildman–Crippen MR) is 82.7 cm³/mol. The summed E-state index contributed by atoms with van der Waals surface area (Å²) in [5.41, 5.74) is 2.12. The Hall–Kier alpha value is -2.37. The van der Waals surface area contributed by atoms with E-state index in [1.165, 1.54) is 0 Å². The van der Waals surface area contributed by atoms with Gasteiger partial charge in [-0.25, -0.2) is 0 Å². The highest BCUT2D eigenvalue weighted by Crippen LogP contribution is 2.18. The summed E-state index contributed by atoms with van der Waals surface area (Å²) in [6.07, 6.45) is 2.63. The van der Waals surface area contributed by atoms with E-state index in [9.17, 15) is 0 Å². The standard InChI is InChI=1S/C14H20N6/c1-4-9-15-14-18-13(10-16-19-14)17-11-5-7-12(8-6-11)20(2)3/h5-8,10H,4,9H2,1-3H3,(H2,15,17,18,19). The first kappa shape index (κ1) is 14.0. The molecule has 0 spiro atoms. The van der Waals surface area contributed by atoms with Crippen molar-refractivity contribution in [3.63, 3.8) is 0 Å². The fourth-order valence-electron chi connectivity index (χ4n) is 1.67. The number of rotatable bonds is 6. The molecule has 1 aromatic carbocycles. The summed E-state index contributed by atoms with van der Waals surface area (Å²) in [6, 6.07) is 8.12. The fraction of sp³-hybridized carbons (Fsp3) is 0.357. The van der Waals surface area contributed by atoms with Crippen LogP contribution in [-0.2, 0) is 0 Å². The molecule has 106 valence electrons. The van der Waals surface area contributed by atoms with Crippen LogP contribution >= 0.6 is 0 Å². The number of anilines is 4. The summed E-state index contributed by atoms with van der Waals surface area (Å²) in [5.74, 6) is 1.22. The Balaban J connectivity index is 2.05. The highest BCUT2D eigenvalue weighted by molar-refractivity contribution is 5.60. The van der Waals surface area contributed by atoms with Crippen molar-refractivity contribution in [3.8, 4) is 0 Å². The van der Waals surface area contributed by atoms with Crippen molar-refractivity contribution in [1.29, 1.82) is 0 Å². The lowest BCUT2D eigenvalue weighted by molar-refractivity contribution is 0.913. The Morgan fingerprint density at radius 2 is 1.90 bits per heavy atom. The summed E-state index contributed by atoms with van der Waals surface area (Å²) < 4.78 is 0. The molecule has 6 heteroatoms. The van der Waals surface area contributed by atoms with Crippen LogP contribution in [0.5, 0.6) is 0 Å². The molecule has 0 fully saturated rings. The molecule has 0 unspecified atom stereocenters. The number of nitrogens with zero attached hydrogens (tertiary/aromatic N) is 4. The molecule has 0 saturated heterocycles. The Morgan fingerprint density at radius 1 is 1.15 bits per heavy atom. The minimum atomic E-state index is 0.543. The third kappa shape index (κ3) is 3.81. The van der Waals surface area contributed by atoms with Crippen molar-refractivity contribution < 1.29 is 0 Å². The normalized spacial score (nSPS) is 10.2. The zero-order chi connectivity index (χ0) is 14.4. The van der Waals surface area contributed by atoms with E-state index in [-0.39, 0.29) is 0 Å².